The van der Waals surface area contributed by atoms with E-state index in [0.717, 1.165) is 15.6 Å². The Labute approximate surface area is 223 Å². The molecule has 1 heterocycles. The van der Waals surface area contributed by atoms with E-state index >= 15 is 0 Å². The first-order valence-electron chi connectivity index (χ1n) is 10.7. The summed E-state index contributed by atoms with van der Waals surface area (Å²) in [4.78, 5) is 41.3. The van der Waals surface area contributed by atoms with Crippen LogP contribution in [0.15, 0.2) is 69.6 Å². The molecule has 0 atom stereocenters. The number of benzene rings is 3. The van der Waals surface area contributed by atoms with Gasteiger partial charge in [-0.25, -0.2) is 9.78 Å². The molecular formula is C26H19Br2N3O5. The number of ether oxygens (including phenoxy) is 1. The van der Waals surface area contributed by atoms with Crippen molar-refractivity contribution in [1.82, 2.24) is 4.98 Å². The highest BCUT2D eigenvalue weighted by molar-refractivity contribution is 9.11. The van der Waals surface area contributed by atoms with Crippen molar-refractivity contribution in [3.8, 4) is 11.3 Å². The molecule has 0 aliphatic carbocycles. The van der Waals surface area contributed by atoms with Gasteiger partial charge in [0.1, 0.15) is 5.69 Å². The fourth-order valence-corrected chi connectivity index (χ4v) is 4.99. The Morgan fingerprint density at radius 3 is 2.47 bits per heavy atom. The fraction of sp³-hybridized carbons (Fsp3) is 0.115. The van der Waals surface area contributed by atoms with Crippen LogP contribution in [0.5, 0.6) is 0 Å². The van der Waals surface area contributed by atoms with Crippen molar-refractivity contribution in [2.45, 2.75) is 13.8 Å². The van der Waals surface area contributed by atoms with E-state index in [1.807, 2.05) is 36.4 Å². The smallest absolute Gasteiger partial charge is 0.339 e. The van der Waals surface area contributed by atoms with Gasteiger partial charge >= 0.3 is 5.97 Å². The highest BCUT2D eigenvalue weighted by Gasteiger charge is 2.22. The molecule has 1 N–H and O–H groups in total. The number of anilines is 1. The van der Waals surface area contributed by atoms with E-state index in [0.29, 0.717) is 26.6 Å². The van der Waals surface area contributed by atoms with Gasteiger partial charge in [-0.1, -0.05) is 52.3 Å². The molecule has 4 aromatic rings. The number of aromatic nitrogens is 1. The summed E-state index contributed by atoms with van der Waals surface area (Å²) in [5, 5.41) is 14.5. The standard InChI is InChI=1S/C26H19Br2N3O5/c1-14-8-9-22(31(34)35)24(15(14)2)30-23(32)13-36-26(33)19-12-21(16-6-4-3-5-7-16)29-25-18(19)10-17(27)11-20(25)28/h3-12H,13H2,1-2H3,(H,30,32). The van der Waals surface area contributed by atoms with Crippen LogP contribution in [0.4, 0.5) is 11.4 Å². The van der Waals surface area contributed by atoms with Crippen molar-refractivity contribution in [3.05, 3.63) is 96.4 Å². The summed E-state index contributed by atoms with van der Waals surface area (Å²) >= 11 is 6.94. The van der Waals surface area contributed by atoms with E-state index in [2.05, 4.69) is 37.2 Å². The zero-order valence-electron chi connectivity index (χ0n) is 19.2. The Kier molecular flexibility index (Phi) is 7.46. The molecule has 0 spiro atoms. The fourth-order valence-electron chi connectivity index (χ4n) is 3.67. The third-order valence-corrected chi connectivity index (χ3v) is 6.69. The van der Waals surface area contributed by atoms with Crippen LogP contribution in [-0.4, -0.2) is 28.4 Å². The van der Waals surface area contributed by atoms with E-state index in [4.69, 9.17) is 9.72 Å². The number of nitrogens with one attached hydrogen (secondary N) is 1. The van der Waals surface area contributed by atoms with Gasteiger partial charge in [0, 0.05) is 26.0 Å². The maximum absolute atomic E-state index is 13.1. The number of carbonyl (C=O) groups excluding carboxylic acids is 2. The lowest BCUT2D eigenvalue weighted by atomic mass is 10.0. The van der Waals surface area contributed by atoms with Crippen LogP contribution >= 0.6 is 31.9 Å². The number of esters is 1. The minimum Gasteiger partial charge on any atom is -0.452 e. The number of hydrogen-bond donors (Lipinski definition) is 1. The van der Waals surface area contributed by atoms with Gasteiger partial charge < -0.3 is 10.1 Å². The van der Waals surface area contributed by atoms with Crippen molar-refractivity contribution in [2.75, 3.05) is 11.9 Å². The second-order valence-corrected chi connectivity index (χ2v) is 9.76. The highest BCUT2D eigenvalue weighted by atomic mass is 79.9. The van der Waals surface area contributed by atoms with Crippen LogP contribution in [0, 0.1) is 24.0 Å². The van der Waals surface area contributed by atoms with Gasteiger partial charge in [-0.05, 0) is 59.1 Å². The topological polar surface area (TPSA) is 111 Å². The first kappa shape index (κ1) is 25.5. The van der Waals surface area contributed by atoms with Crippen molar-refractivity contribution in [2.24, 2.45) is 0 Å². The lowest BCUT2D eigenvalue weighted by molar-refractivity contribution is -0.384. The Bertz CT molecular complexity index is 1520. The minimum atomic E-state index is -0.727. The number of amides is 1. The molecule has 3 aromatic carbocycles. The molecule has 182 valence electrons. The minimum absolute atomic E-state index is 0.0784. The number of carbonyl (C=O) groups is 2. The molecule has 0 bridgehead atoms. The number of hydrogen-bond acceptors (Lipinski definition) is 6. The molecular weight excluding hydrogens is 594 g/mol. The molecule has 0 saturated heterocycles. The molecule has 0 saturated carbocycles. The summed E-state index contributed by atoms with van der Waals surface area (Å²) < 4.78 is 6.74. The third kappa shape index (κ3) is 5.29. The van der Waals surface area contributed by atoms with Gasteiger partial charge in [0.15, 0.2) is 6.61 Å². The van der Waals surface area contributed by atoms with Gasteiger partial charge in [-0.2, -0.15) is 0 Å². The number of nitro benzene ring substituents is 1. The average molecular weight is 613 g/mol. The van der Waals surface area contributed by atoms with Gasteiger partial charge in [0.25, 0.3) is 11.6 Å². The molecule has 1 amide bonds. The van der Waals surface area contributed by atoms with Crippen molar-refractivity contribution in [3.63, 3.8) is 0 Å². The summed E-state index contributed by atoms with van der Waals surface area (Å²) in [6, 6.07) is 17.5. The number of nitrogens with zero attached hydrogens (tertiary/aromatic N) is 2. The van der Waals surface area contributed by atoms with E-state index in [9.17, 15) is 19.7 Å². The lowest BCUT2D eigenvalue weighted by Crippen LogP contribution is -2.22. The SMILES string of the molecule is Cc1ccc([N+](=O)[O-])c(NC(=O)COC(=O)c2cc(-c3ccccc3)nc3c(Br)cc(Br)cc23)c1C. The van der Waals surface area contributed by atoms with Crippen LogP contribution in [-0.2, 0) is 9.53 Å². The van der Waals surface area contributed by atoms with Crippen LogP contribution in [0.3, 0.4) is 0 Å². The predicted molar refractivity (Wildman–Crippen MR) is 144 cm³/mol. The Hall–Kier alpha value is -3.63. The number of halogens is 2. The highest BCUT2D eigenvalue weighted by Crippen LogP contribution is 2.33. The molecule has 0 radical (unpaired) electrons. The molecule has 36 heavy (non-hydrogen) atoms. The molecule has 8 nitrogen and oxygen atoms in total. The molecule has 10 heteroatoms. The molecule has 4 rings (SSSR count). The predicted octanol–water partition coefficient (Wildman–Crippen LogP) is 6.75. The second-order valence-electron chi connectivity index (χ2n) is 7.99. The number of rotatable bonds is 6. The maximum atomic E-state index is 13.1. The van der Waals surface area contributed by atoms with Gasteiger partial charge in [-0.15, -0.1) is 0 Å². The van der Waals surface area contributed by atoms with E-state index < -0.39 is 23.4 Å². The van der Waals surface area contributed by atoms with E-state index in [1.54, 1.807) is 32.0 Å². The van der Waals surface area contributed by atoms with Gasteiger partial charge in [0.05, 0.1) is 21.7 Å². The van der Waals surface area contributed by atoms with E-state index in [1.165, 1.54) is 6.07 Å². The Morgan fingerprint density at radius 1 is 1.06 bits per heavy atom. The summed E-state index contributed by atoms with van der Waals surface area (Å²) in [6.07, 6.45) is 0. The normalized spacial score (nSPS) is 10.8. The number of nitro groups is 1. The summed E-state index contributed by atoms with van der Waals surface area (Å²) in [7, 11) is 0. The monoisotopic (exact) mass is 611 g/mol. The first-order chi connectivity index (χ1) is 17.2. The number of pyridine rings is 1. The molecule has 0 aliphatic heterocycles. The molecule has 0 fully saturated rings. The summed E-state index contributed by atoms with van der Waals surface area (Å²) in [5.41, 5.74) is 3.34. The van der Waals surface area contributed by atoms with Gasteiger partial charge in [0.2, 0.25) is 0 Å². The van der Waals surface area contributed by atoms with Crippen molar-refractivity contribution in [1.29, 1.82) is 0 Å². The lowest BCUT2D eigenvalue weighted by Gasteiger charge is -2.13. The third-order valence-electron chi connectivity index (χ3n) is 5.63. The van der Waals surface area contributed by atoms with Crippen molar-refractivity contribution < 1.29 is 19.2 Å². The molecule has 0 aliphatic rings. The van der Waals surface area contributed by atoms with Crippen LogP contribution in [0.25, 0.3) is 22.2 Å². The Balaban J connectivity index is 1.63. The van der Waals surface area contributed by atoms with Gasteiger partial charge in [-0.3, -0.25) is 14.9 Å². The molecule has 0 unspecified atom stereocenters. The quantitative estimate of drug-likeness (QED) is 0.146. The average Bonchev–Trinajstić information content (AvgIpc) is 2.85. The number of fused-ring (bicyclic) bond motifs is 1. The maximum Gasteiger partial charge on any atom is 0.339 e. The zero-order chi connectivity index (χ0) is 26.0. The second kappa shape index (κ2) is 10.5. The van der Waals surface area contributed by atoms with Crippen LogP contribution < -0.4 is 5.32 Å². The summed E-state index contributed by atoms with van der Waals surface area (Å²) in [6.45, 7) is 2.83. The first-order valence-corrected chi connectivity index (χ1v) is 12.3. The largest absolute Gasteiger partial charge is 0.452 e. The van der Waals surface area contributed by atoms with Crippen LogP contribution in [0.2, 0.25) is 0 Å². The number of aryl methyl sites for hydroxylation is 1. The molecule has 1 aromatic heterocycles. The zero-order valence-corrected chi connectivity index (χ0v) is 22.3. The van der Waals surface area contributed by atoms with Crippen molar-refractivity contribution >= 4 is 66.0 Å². The van der Waals surface area contributed by atoms with Crippen LogP contribution in [0.1, 0.15) is 21.5 Å². The van der Waals surface area contributed by atoms with E-state index in [-0.39, 0.29) is 16.9 Å². The Morgan fingerprint density at radius 2 is 1.78 bits per heavy atom. The summed E-state index contributed by atoms with van der Waals surface area (Å²) in [5.74, 6) is -1.42.